The fourth-order valence-electron chi connectivity index (χ4n) is 1.79. The number of fused-ring (bicyclic) bond motifs is 1. The highest BCUT2D eigenvalue weighted by atomic mass is 35.5. The zero-order valence-corrected chi connectivity index (χ0v) is 11.1. The lowest BCUT2D eigenvalue weighted by atomic mass is 10.2. The molecule has 0 fully saturated rings. The molecule has 0 amide bonds. The molecule has 3 rings (SSSR count). The molecule has 8 heteroatoms. The zero-order chi connectivity index (χ0) is 13.5. The number of para-hydroxylation sites is 1. The minimum Gasteiger partial charge on any atom is -0.358 e. The molecule has 3 aromatic rings. The van der Waals surface area contributed by atoms with Crippen LogP contribution < -0.4 is 4.72 Å². The van der Waals surface area contributed by atoms with Crippen LogP contribution in [0.1, 0.15) is 0 Å². The topological polar surface area (TPSA) is 90.6 Å². The van der Waals surface area contributed by atoms with Crippen LogP contribution >= 0.6 is 11.6 Å². The van der Waals surface area contributed by atoms with E-state index in [0.29, 0.717) is 16.2 Å². The summed E-state index contributed by atoms with van der Waals surface area (Å²) in [5.74, 6) is 0. The quantitative estimate of drug-likeness (QED) is 0.693. The Bertz CT molecular complexity index is 824. The molecular weight excluding hydrogens is 288 g/mol. The summed E-state index contributed by atoms with van der Waals surface area (Å²) in [5, 5.41) is 7.39. The summed E-state index contributed by atoms with van der Waals surface area (Å²) >= 11 is 5.99. The number of aromatic amines is 2. The molecule has 0 aliphatic rings. The van der Waals surface area contributed by atoms with Crippen molar-refractivity contribution in [2.45, 2.75) is 4.90 Å². The van der Waals surface area contributed by atoms with E-state index in [1.54, 1.807) is 18.3 Å². The van der Waals surface area contributed by atoms with Crippen LogP contribution in [0.15, 0.2) is 41.7 Å². The van der Waals surface area contributed by atoms with Crippen molar-refractivity contribution in [2.75, 3.05) is 4.72 Å². The summed E-state index contributed by atoms with van der Waals surface area (Å²) < 4.78 is 26.7. The molecule has 0 radical (unpaired) electrons. The first kappa shape index (κ1) is 12.1. The fourth-order valence-corrected chi connectivity index (χ4v) is 2.98. The van der Waals surface area contributed by atoms with E-state index in [0.717, 1.165) is 5.39 Å². The molecule has 6 nitrogen and oxygen atoms in total. The van der Waals surface area contributed by atoms with Gasteiger partial charge in [-0.1, -0.05) is 23.7 Å². The maximum absolute atomic E-state index is 12.1. The van der Waals surface area contributed by atoms with Gasteiger partial charge in [-0.3, -0.25) is 9.82 Å². The summed E-state index contributed by atoms with van der Waals surface area (Å²) in [6.45, 7) is 0. The van der Waals surface area contributed by atoms with Crippen LogP contribution in [-0.4, -0.2) is 23.6 Å². The highest BCUT2D eigenvalue weighted by molar-refractivity contribution is 7.92. The van der Waals surface area contributed by atoms with Gasteiger partial charge in [-0.15, -0.1) is 0 Å². The predicted octanol–water partition coefficient (Wildman–Crippen LogP) is 2.35. The molecule has 98 valence electrons. The van der Waals surface area contributed by atoms with Crippen molar-refractivity contribution >= 4 is 38.2 Å². The van der Waals surface area contributed by atoms with Crippen molar-refractivity contribution in [3.8, 4) is 0 Å². The number of hydrogen-bond donors (Lipinski definition) is 3. The monoisotopic (exact) mass is 296 g/mol. The zero-order valence-electron chi connectivity index (χ0n) is 9.51. The fraction of sp³-hybridized carbons (Fsp3) is 0. The Balaban J connectivity index is 2.07. The number of H-pyrrole nitrogens is 2. The van der Waals surface area contributed by atoms with Gasteiger partial charge in [-0.25, -0.2) is 8.42 Å². The van der Waals surface area contributed by atoms with Crippen molar-refractivity contribution in [3.05, 3.63) is 41.8 Å². The minimum atomic E-state index is -3.66. The average molecular weight is 297 g/mol. The standard InChI is InChI=1S/C11H9ClN4O2S/c12-9-6-13-11-8(9)2-1-3-10(11)16-19(17,18)7-4-14-15-5-7/h1-6,13,16H,(H,14,15). The van der Waals surface area contributed by atoms with Crippen molar-refractivity contribution in [1.29, 1.82) is 0 Å². The molecule has 0 aliphatic carbocycles. The van der Waals surface area contributed by atoms with Crippen molar-refractivity contribution < 1.29 is 8.42 Å². The average Bonchev–Trinajstić information content (AvgIpc) is 3.00. The van der Waals surface area contributed by atoms with E-state index in [9.17, 15) is 8.42 Å². The summed E-state index contributed by atoms with van der Waals surface area (Å²) in [6, 6.07) is 5.20. The number of benzene rings is 1. The van der Waals surface area contributed by atoms with Crippen LogP contribution in [0.25, 0.3) is 10.9 Å². The van der Waals surface area contributed by atoms with E-state index in [1.807, 2.05) is 6.07 Å². The van der Waals surface area contributed by atoms with E-state index >= 15 is 0 Å². The molecule has 0 spiro atoms. The number of hydrogen-bond acceptors (Lipinski definition) is 3. The van der Waals surface area contributed by atoms with E-state index in [4.69, 9.17) is 11.6 Å². The third kappa shape index (κ3) is 2.06. The Labute approximate surface area is 113 Å². The Kier molecular flexibility index (Phi) is 2.72. The molecular formula is C11H9ClN4O2S. The van der Waals surface area contributed by atoms with Crippen molar-refractivity contribution in [3.63, 3.8) is 0 Å². The van der Waals surface area contributed by atoms with Crippen LogP contribution in [0.4, 0.5) is 5.69 Å². The Morgan fingerprint density at radius 3 is 2.84 bits per heavy atom. The molecule has 19 heavy (non-hydrogen) atoms. The van der Waals surface area contributed by atoms with Gasteiger partial charge in [0, 0.05) is 17.8 Å². The van der Waals surface area contributed by atoms with Gasteiger partial charge in [0.1, 0.15) is 4.90 Å². The van der Waals surface area contributed by atoms with E-state index in [-0.39, 0.29) is 4.90 Å². The van der Waals surface area contributed by atoms with Gasteiger partial charge in [-0.2, -0.15) is 5.10 Å². The largest absolute Gasteiger partial charge is 0.358 e. The molecule has 0 saturated heterocycles. The first-order valence-corrected chi connectivity index (χ1v) is 7.21. The molecule has 1 aromatic carbocycles. The van der Waals surface area contributed by atoms with E-state index < -0.39 is 10.0 Å². The number of halogens is 1. The van der Waals surface area contributed by atoms with Gasteiger partial charge < -0.3 is 4.98 Å². The maximum atomic E-state index is 12.1. The van der Waals surface area contributed by atoms with Crippen molar-refractivity contribution in [2.24, 2.45) is 0 Å². The van der Waals surface area contributed by atoms with Gasteiger partial charge in [-0.05, 0) is 6.07 Å². The number of nitrogens with one attached hydrogen (secondary N) is 3. The Morgan fingerprint density at radius 2 is 2.11 bits per heavy atom. The highest BCUT2D eigenvalue weighted by Gasteiger charge is 2.17. The number of anilines is 1. The van der Waals surface area contributed by atoms with Gasteiger partial charge >= 0.3 is 0 Å². The number of sulfonamides is 1. The summed E-state index contributed by atoms with van der Waals surface area (Å²) in [7, 11) is -3.66. The Hall–Kier alpha value is -1.99. The lowest BCUT2D eigenvalue weighted by Crippen LogP contribution is -2.12. The SMILES string of the molecule is O=S(=O)(Nc1cccc2c(Cl)c[nH]c12)c1cn[nH]c1. The number of aromatic nitrogens is 3. The second-order valence-corrected chi connectivity index (χ2v) is 5.99. The van der Waals surface area contributed by atoms with Gasteiger partial charge in [0.15, 0.2) is 0 Å². The van der Waals surface area contributed by atoms with E-state index in [1.165, 1.54) is 12.4 Å². The number of nitrogens with zero attached hydrogens (tertiary/aromatic N) is 1. The van der Waals surface area contributed by atoms with Crippen LogP contribution in [0.2, 0.25) is 5.02 Å². The first-order valence-electron chi connectivity index (χ1n) is 5.35. The van der Waals surface area contributed by atoms with Crippen LogP contribution in [-0.2, 0) is 10.0 Å². The molecule has 2 heterocycles. The third-order valence-electron chi connectivity index (χ3n) is 2.69. The summed E-state index contributed by atoms with van der Waals surface area (Å²) in [5.41, 5.74) is 1.07. The van der Waals surface area contributed by atoms with Crippen molar-refractivity contribution in [1.82, 2.24) is 15.2 Å². The molecule has 0 unspecified atom stereocenters. The van der Waals surface area contributed by atoms with Crippen LogP contribution in [0.5, 0.6) is 0 Å². The molecule has 0 bridgehead atoms. The molecule has 0 atom stereocenters. The number of rotatable bonds is 3. The van der Waals surface area contributed by atoms with Gasteiger partial charge in [0.2, 0.25) is 0 Å². The lowest BCUT2D eigenvalue weighted by Gasteiger charge is -2.07. The second-order valence-electron chi connectivity index (χ2n) is 3.90. The highest BCUT2D eigenvalue weighted by Crippen LogP contribution is 2.29. The van der Waals surface area contributed by atoms with E-state index in [2.05, 4.69) is 19.9 Å². The normalized spacial score (nSPS) is 11.8. The lowest BCUT2D eigenvalue weighted by molar-refractivity contribution is 0.601. The maximum Gasteiger partial charge on any atom is 0.265 e. The first-order chi connectivity index (χ1) is 9.08. The predicted molar refractivity (Wildman–Crippen MR) is 72.7 cm³/mol. The summed E-state index contributed by atoms with van der Waals surface area (Å²) in [4.78, 5) is 3.01. The molecule has 3 N–H and O–H groups in total. The molecule has 0 aliphatic heterocycles. The van der Waals surface area contributed by atoms with Gasteiger partial charge in [0.25, 0.3) is 10.0 Å². The Morgan fingerprint density at radius 1 is 1.26 bits per heavy atom. The second kappa shape index (κ2) is 4.29. The molecule has 2 aromatic heterocycles. The summed E-state index contributed by atoms with van der Waals surface area (Å²) in [6.07, 6.45) is 4.16. The molecule has 0 saturated carbocycles. The third-order valence-corrected chi connectivity index (χ3v) is 4.34. The van der Waals surface area contributed by atoms with Crippen LogP contribution in [0, 0.1) is 0 Å². The smallest absolute Gasteiger partial charge is 0.265 e. The van der Waals surface area contributed by atoms with Crippen LogP contribution in [0.3, 0.4) is 0 Å². The van der Waals surface area contributed by atoms with Gasteiger partial charge in [0.05, 0.1) is 22.4 Å². The minimum absolute atomic E-state index is 0.0714.